The van der Waals surface area contributed by atoms with E-state index in [9.17, 15) is 9.59 Å². The summed E-state index contributed by atoms with van der Waals surface area (Å²) in [5.74, 6) is 0.375. The van der Waals surface area contributed by atoms with E-state index in [2.05, 4.69) is 4.98 Å². The summed E-state index contributed by atoms with van der Waals surface area (Å²) < 4.78 is 10.3. The van der Waals surface area contributed by atoms with Gasteiger partial charge in [0, 0.05) is 38.4 Å². The number of hydrogen-bond acceptors (Lipinski definition) is 5. The highest BCUT2D eigenvalue weighted by molar-refractivity contribution is 5.94. The molecule has 0 N–H and O–H groups in total. The minimum Gasteiger partial charge on any atom is -0.481 e. The number of carbonyl (C=O) groups excluding carboxylic acids is 2. The molecule has 0 unspecified atom stereocenters. The molecule has 2 heterocycles. The lowest BCUT2D eigenvalue weighted by molar-refractivity contribution is 0.0141. The van der Waals surface area contributed by atoms with Crippen LogP contribution in [-0.2, 0) is 4.74 Å². The van der Waals surface area contributed by atoms with E-state index in [4.69, 9.17) is 9.47 Å². The first-order valence-corrected chi connectivity index (χ1v) is 7.57. The summed E-state index contributed by atoms with van der Waals surface area (Å²) in [5.41, 5.74) is -0.00441. The van der Waals surface area contributed by atoms with Crippen molar-refractivity contribution < 1.29 is 19.1 Å². The zero-order valence-electron chi connectivity index (χ0n) is 14.0. The van der Waals surface area contributed by atoms with Gasteiger partial charge in [0.2, 0.25) is 5.88 Å². The van der Waals surface area contributed by atoms with Crippen molar-refractivity contribution in [3.63, 3.8) is 0 Å². The summed E-state index contributed by atoms with van der Waals surface area (Å²) >= 11 is 0. The van der Waals surface area contributed by atoms with Crippen molar-refractivity contribution in [2.45, 2.75) is 26.4 Å². The molecule has 0 aromatic carbocycles. The summed E-state index contributed by atoms with van der Waals surface area (Å²) in [6.07, 6.45) is 1.16. The normalized spacial score (nSPS) is 15.3. The Kier molecular flexibility index (Phi) is 5.08. The second-order valence-corrected chi connectivity index (χ2v) is 6.35. The van der Waals surface area contributed by atoms with Crippen molar-refractivity contribution in [1.29, 1.82) is 0 Å². The predicted octanol–water partition coefficient (Wildman–Crippen LogP) is 1.78. The van der Waals surface area contributed by atoms with Crippen molar-refractivity contribution in [2.75, 3.05) is 33.3 Å². The van der Waals surface area contributed by atoms with Crippen molar-refractivity contribution in [3.05, 3.63) is 23.9 Å². The molecule has 0 bridgehead atoms. The lowest BCUT2D eigenvalue weighted by Crippen LogP contribution is -2.51. The van der Waals surface area contributed by atoms with E-state index < -0.39 is 5.60 Å². The first kappa shape index (κ1) is 17.1. The Labute approximate surface area is 136 Å². The van der Waals surface area contributed by atoms with Crippen LogP contribution in [0.3, 0.4) is 0 Å². The van der Waals surface area contributed by atoms with Crippen LogP contribution >= 0.6 is 0 Å². The Morgan fingerprint density at radius 3 is 2.17 bits per heavy atom. The van der Waals surface area contributed by atoms with Gasteiger partial charge in [-0.25, -0.2) is 9.78 Å². The van der Waals surface area contributed by atoms with Crippen molar-refractivity contribution >= 4 is 12.0 Å². The van der Waals surface area contributed by atoms with Crippen molar-refractivity contribution in [2.24, 2.45) is 0 Å². The molecule has 7 nitrogen and oxygen atoms in total. The molecule has 2 rings (SSSR count). The molecule has 0 aliphatic carbocycles. The molecule has 1 aliphatic heterocycles. The molecule has 1 aromatic rings. The third-order valence-corrected chi connectivity index (χ3v) is 3.41. The SMILES string of the molecule is COc1ccc(C(=O)N2CCN(C(=O)OC(C)(C)C)CC2)cn1. The molecular weight excluding hydrogens is 298 g/mol. The van der Waals surface area contributed by atoms with E-state index in [1.807, 2.05) is 20.8 Å². The number of piperazine rings is 1. The molecule has 0 atom stereocenters. The van der Waals surface area contributed by atoms with Gasteiger partial charge < -0.3 is 19.3 Å². The minimum atomic E-state index is -0.515. The Balaban J connectivity index is 1.90. The topological polar surface area (TPSA) is 72.0 Å². The number of aromatic nitrogens is 1. The second-order valence-electron chi connectivity index (χ2n) is 6.35. The van der Waals surface area contributed by atoms with Gasteiger partial charge in [-0.05, 0) is 26.8 Å². The van der Waals surface area contributed by atoms with E-state index in [-0.39, 0.29) is 12.0 Å². The number of rotatable bonds is 2. The van der Waals surface area contributed by atoms with Crippen LogP contribution in [-0.4, -0.2) is 65.7 Å². The van der Waals surface area contributed by atoms with E-state index in [1.165, 1.54) is 13.3 Å². The average Bonchev–Trinajstić information content (AvgIpc) is 2.53. The van der Waals surface area contributed by atoms with E-state index >= 15 is 0 Å². The van der Waals surface area contributed by atoms with Gasteiger partial charge in [-0.15, -0.1) is 0 Å². The Hall–Kier alpha value is -2.31. The van der Waals surface area contributed by atoms with Gasteiger partial charge in [-0.1, -0.05) is 0 Å². The van der Waals surface area contributed by atoms with Crippen LogP contribution in [0.1, 0.15) is 31.1 Å². The molecule has 1 saturated heterocycles. The predicted molar refractivity (Wildman–Crippen MR) is 84.5 cm³/mol. The maximum absolute atomic E-state index is 12.4. The number of amides is 2. The molecule has 0 spiro atoms. The maximum atomic E-state index is 12.4. The van der Waals surface area contributed by atoms with Crippen LogP contribution in [0.15, 0.2) is 18.3 Å². The van der Waals surface area contributed by atoms with Crippen LogP contribution in [0, 0.1) is 0 Å². The second kappa shape index (κ2) is 6.85. The fourth-order valence-corrected chi connectivity index (χ4v) is 2.23. The van der Waals surface area contributed by atoms with E-state index in [0.717, 1.165) is 0 Å². The molecule has 1 aromatic heterocycles. The highest BCUT2D eigenvalue weighted by Crippen LogP contribution is 2.14. The third kappa shape index (κ3) is 4.58. The molecule has 2 amide bonds. The van der Waals surface area contributed by atoms with Crippen LogP contribution in [0.25, 0.3) is 0 Å². The van der Waals surface area contributed by atoms with Gasteiger partial charge in [0.25, 0.3) is 5.91 Å². The van der Waals surface area contributed by atoms with Gasteiger partial charge in [0.1, 0.15) is 5.60 Å². The highest BCUT2D eigenvalue weighted by atomic mass is 16.6. The number of nitrogens with zero attached hydrogens (tertiary/aromatic N) is 3. The summed E-state index contributed by atoms with van der Waals surface area (Å²) in [7, 11) is 1.53. The highest BCUT2D eigenvalue weighted by Gasteiger charge is 2.28. The fourth-order valence-electron chi connectivity index (χ4n) is 2.23. The van der Waals surface area contributed by atoms with Gasteiger partial charge in [0.15, 0.2) is 0 Å². The van der Waals surface area contributed by atoms with Gasteiger partial charge in [0.05, 0.1) is 12.7 Å². The zero-order chi connectivity index (χ0) is 17.0. The fraction of sp³-hybridized carbons (Fsp3) is 0.562. The summed E-state index contributed by atoms with van der Waals surface area (Å²) in [4.78, 5) is 31.8. The van der Waals surface area contributed by atoms with Gasteiger partial charge in [-0.2, -0.15) is 0 Å². The standard InChI is InChI=1S/C16H23N3O4/c1-16(2,3)23-15(21)19-9-7-18(8-10-19)14(20)12-5-6-13(22-4)17-11-12/h5-6,11H,7-10H2,1-4H3. The first-order valence-electron chi connectivity index (χ1n) is 7.57. The Bertz CT molecular complexity index is 558. The molecule has 7 heteroatoms. The third-order valence-electron chi connectivity index (χ3n) is 3.41. The van der Waals surface area contributed by atoms with Crippen LogP contribution < -0.4 is 4.74 Å². The monoisotopic (exact) mass is 321 g/mol. The van der Waals surface area contributed by atoms with Crippen LogP contribution in [0.4, 0.5) is 4.79 Å². The Morgan fingerprint density at radius 2 is 1.70 bits per heavy atom. The summed E-state index contributed by atoms with van der Waals surface area (Å²) in [5, 5.41) is 0. The molecule has 0 saturated carbocycles. The number of ether oxygens (including phenoxy) is 2. The minimum absolute atomic E-state index is 0.0935. The largest absolute Gasteiger partial charge is 0.481 e. The summed E-state index contributed by atoms with van der Waals surface area (Å²) in [6, 6.07) is 3.35. The Morgan fingerprint density at radius 1 is 1.09 bits per heavy atom. The smallest absolute Gasteiger partial charge is 0.410 e. The van der Waals surface area contributed by atoms with Gasteiger partial charge in [-0.3, -0.25) is 4.79 Å². The van der Waals surface area contributed by atoms with Gasteiger partial charge >= 0.3 is 6.09 Å². The van der Waals surface area contributed by atoms with E-state index in [0.29, 0.717) is 37.6 Å². The molecular formula is C16H23N3O4. The molecule has 0 radical (unpaired) electrons. The maximum Gasteiger partial charge on any atom is 0.410 e. The average molecular weight is 321 g/mol. The van der Waals surface area contributed by atoms with Crippen molar-refractivity contribution in [1.82, 2.24) is 14.8 Å². The molecule has 126 valence electrons. The number of hydrogen-bond donors (Lipinski definition) is 0. The first-order chi connectivity index (χ1) is 10.8. The molecule has 23 heavy (non-hydrogen) atoms. The van der Waals surface area contributed by atoms with Crippen LogP contribution in [0.5, 0.6) is 5.88 Å². The lowest BCUT2D eigenvalue weighted by Gasteiger charge is -2.35. The van der Waals surface area contributed by atoms with Crippen molar-refractivity contribution in [3.8, 4) is 5.88 Å². The number of methoxy groups -OCH3 is 1. The molecule has 1 aliphatic rings. The zero-order valence-corrected chi connectivity index (χ0v) is 14.0. The number of pyridine rings is 1. The van der Waals surface area contributed by atoms with Crippen LogP contribution in [0.2, 0.25) is 0 Å². The quantitative estimate of drug-likeness (QED) is 0.830. The molecule has 1 fully saturated rings. The number of carbonyl (C=O) groups is 2. The lowest BCUT2D eigenvalue weighted by atomic mass is 10.2. The van der Waals surface area contributed by atoms with E-state index in [1.54, 1.807) is 21.9 Å². The summed E-state index contributed by atoms with van der Waals surface area (Å²) in [6.45, 7) is 7.38.